The summed E-state index contributed by atoms with van der Waals surface area (Å²) in [4.78, 5) is 14.4. The number of nitrogens with zero attached hydrogens (tertiary/aromatic N) is 1. The smallest absolute Gasteiger partial charge is 0.481 e. The van der Waals surface area contributed by atoms with Crippen LogP contribution in [0.5, 0.6) is 5.75 Å². The second-order valence-electron chi connectivity index (χ2n) is 4.87. The summed E-state index contributed by atoms with van der Waals surface area (Å²) in [7, 11) is 0. The Morgan fingerprint density at radius 2 is 1.68 bits per heavy atom. The predicted molar refractivity (Wildman–Crippen MR) is 72.7 cm³/mol. The summed E-state index contributed by atoms with van der Waals surface area (Å²) in [5.74, 6) is -1.97. The molecular weight excluding hydrogens is 356 g/mol. The number of carbonyl (C=O) groups is 1. The SMILES string of the molecule is O=C(O)Cc1cc(-c2ccc(OC(F)(F)F)cc2)ncc1C(F)(F)F. The first-order valence-corrected chi connectivity index (χ1v) is 6.60. The van der Waals surface area contributed by atoms with Gasteiger partial charge in [0.05, 0.1) is 17.7 Å². The van der Waals surface area contributed by atoms with Gasteiger partial charge in [0.1, 0.15) is 5.75 Å². The van der Waals surface area contributed by atoms with E-state index in [9.17, 15) is 31.1 Å². The summed E-state index contributed by atoms with van der Waals surface area (Å²) in [6.07, 6.45) is -10.0. The van der Waals surface area contributed by atoms with Crippen LogP contribution in [-0.2, 0) is 17.4 Å². The van der Waals surface area contributed by atoms with Gasteiger partial charge in [0.2, 0.25) is 0 Å². The lowest BCUT2D eigenvalue weighted by Gasteiger charge is -2.13. The van der Waals surface area contributed by atoms with E-state index in [-0.39, 0.29) is 11.3 Å². The fourth-order valence-corrected chi connectivity index (χ4v) is 2.05. The van der Waals surface area contributed by atoms with Crippen molar-refractivity contribution < 1.29 is 41.0 Å². The summed E-state index contributed by atoms with van der Waals surface area (Å²) in [5.41, 5.74) is -1.49. The zero-order valence-electron chi connectivity index (χ0n) is 12.1. The van der Waals surface area contributed by atoms with Gasteiger partial charge in [-0.05, 0) is 35.9 Å². The third-order valence-electron chi connectivity index (χ3n) is 3.02. The molecule has 0 atom stereocenters. The molecule has 0 bridgehead atoms. The minimum atomic E-state index is -4.87. The molecule has 25 heavy (non-hydrogen) atoms. The van der Waals surface area contributed by atoms with Crippen molar-refractivity contribution >= 4 is 5.97 Å². The van der Waals surface area contributed by atoms with E-state index in [4.69, 9.17) is 5.11 Å². The van der Waals surface area contributed by atoms with E-state index >= 15 is 0 Å². The van der Waals surface area contributed by atoms with Gasteiger partial charge in [-0.1, -0.05) is 0 Å². The lowest BCUT2D eigenvalue weighted by Crippen LogP contribution is -2.17. The highest BCUT2D eigenvalue weighted by Crippen LogP contribution is 2.34. The number of pyridine rings is 1. The molecular formula is C15H9F6NO3. The van der Waals surface area contributed by atoms with Gasteiger partial charge in [-0.15, -0.1) is 13.2 Å². The van der Waals surface area contributed by atoms with Gasteiger partial charge in [0.25, 0.3) is 0 Å². The maximum atomic E-state index is 12.9. The molecule has 0 amide bonds. The molecule has 134 valence electrons. The number of carboxylic acids is 1. The minimum Gasteiger partial charge on any atom is -0.481 e. The molecule has 1 heterocycles. The third-order valence-corrected chi connectivity index (χ3v) is 3.02. The molecule has 4 nitrogen and oxygen atoms in total. The van der Waals surface area contributed by atoms with Crippen molar-refractivity contribution in [2.24, 2.45) is 0 Å². The lowest BCUT2D eigenvalue weighted by atomic mass is 10.0. The Labute approximate surface area is 136 Å². The second-order valence-corrected chi connectivity index (χ2v) is 4.87. The molecule has 0 aliphatic rings. The van der Waals surface area contributed by atoms with Gasteiger partial charge in [0, 0.05) is 11.8 Å². The molecule has 0 saturated heterocycles. The van der Waals surface area contributed by atoms with Crippen LogP contribution in [-0.4, -0.2) is 22.4 Å². The lowest BCUT2D eigenvalue weighted by molar-refractivity contribution is -0.274. The van der Waals surface area contributed by atoms with E-state index in [1.165, 1.54) is 12.1 Å². The van der Waals surface area contributed by atoms with E-state index in [0.717, 1.165) is 18.2 Å². The molecule has 1 N–H and O–H groups in total. The molecule has 0 saturated carbocycles. The highest BCUT2D eigenvalue weighted by atomic mass is 19.4. The Hall–Kier alpha value is -2.78. The van der Waals surface area contributed by atoms with Crippen LogP contribution in [0.2, 0.25) is 0 Å². The largest absolute Gasteiger partial charge is 0.573 e. The summed E-state index contributed by atoms with van der Waals surface area (Å²) < 4.78 is 78.6. The van der Waals surface area contributed by atoms with Crippen molar-refractivity contribution in [1.82, 2.24) is 4.98 Å². The zero-order chi connectivity index (χ0) is 18.8. The number of aromatic nitrogens is 1. The first kappa shape index (κ1) is 18.6. The van der Waals surface area contributed by atoms with Crippen LogP contribution in [0.1, 0.15) is 11.1 Å². The molecule has 0 aliphatic heterocycles. The molecule has 0 unspecified atom stereocenters. The number of ether oxygens (including phenoxy) is 1. The van der Waals surface area contributed by atoms with Crippen LogP contribution in [0.15, 0.2) is 36.5 Å². The van der Waals surface area contributed by atoms with Crippen molar-refractivity contribution in [2.75, 3.05) is 0 Å². The molecule has 1 aromatic heterocycles. The monoisotopic (exact) mass is 365 g/mol. The van der Waals surface area contributed by atoms with Crippen molar-refractivity contribution in [3.63, 3.8) is 0 Å². The quantitative estimate of drug-likeness (QED) is 0.821. The normalized spacial score (nSPS) is 12.1. The fraction of sp³-hybridized carbons (Fsp3) is 0.200. The number of benzene rings is 1. The van der Waals surface area contributed by atoms with Crippen LogP contribution in [0, 0.1) is 0 Å². The van der Waals surface area contributed by atoms with E-state index in [1.807, 2.05) is 0 Å². The van der Waals surface area contributed by atoms with Crippen LogP contribution in [0.3, 0.4) is 0 Å². The average Bonchev–Trinajstić information content (AvgIpc) is 2.44. The Balaban J connectivity index is 2.37. The van der Waals surface area contributed by atoms with Crippen molar-refractivity contribution in [3.8, 4) is 17.0 Å². The highest BCUT2D eigenvalue weighted by Gasteiger charge is 2.34. The number of halogens is 6. The van der Waals surface area contributed by atoms with Gasteiger partial charge in [-0.2, -0.15) is 13.2 Å². The zero-order valence-corrected chi connectivity index (χ0v) is 12.1. The highest BCUT2D eigenvalue weighted by molar-refractivity contribution is 5.72. The fourth-order valence-electron chi connectivity index (χ4n) is 2.05. The van der Waals surface area contributed by atoms with Crippen LogP contribution in [0.25, 0.3) is 11.3 Å². The van der Waals surface area contributed by atoms with Gasteiger partial charge in [-0.3, -0.25) is 9.78 Å². The molecule has 0 aliphatic carbocycles. The Morgan fingerprint density at radius 3 is 2.16 bits per heavy atom. The van der Waals surface area contributed by atoms with E-state index in [2.05, 4.69) is 9.72 Å². The standard InChI is InChI=1S/C15H9F6NO3/c16-14(17,18)11-7-22-12(5-9(11)6-13(23)24)8-1-3-10(4-2-8)25-15(19,20)21/h1-5,7H,6H2,(H,23,24). The predicted octanol–water partition coefficient (Wildman–Crippen LogP) is 4.29. The average molecular weight is 365 g/mol. The van der Waals surface area contributed by atoms with Gasteiger partial charge >= 0.3 is 18.5 Å². The summed E-state index contributed by atoms with van der Waals surface area (Å²) in [6.45, 7) is 0. The molecule has 2 aromatic rings. The molecule has 10 heteroatoms. The number of rotatable bonds is 4. The van der Waals surface area contributed by atoms with Gasteiger partial charge in [-0.25, -0.2) is 0 Å². The molecule has 2 rings (SSSR count). The van der Waals surface area contributed by atoms with E-state index in [0.29, 0.717) is 6.20 Å². The topological polar surface area (TPSA) is 59.4 Å². The van der Waals surface area contributed by atoms with Crippen molar-refractivity contribution in [1.29, 1.82) is 0 Å². The van der Waals surface area contributed by atoms with E-state index in [1.54, 1.807) is 0 Å². The Kier molecular flexibility index (Phi) is 4.91. The Morgan fingerprint density at radius 1 is 1.08 bits per heavy atom. The number of hydrogen-bond acceptors (Lipinski definition) is 3. The van der Waals surface area contributed by atoms with Gasteiger partial charge in [0.15, 0.2) is 0 Å². The van der Waals surface area contributed by atoms with Crippen LogP contribution < -0.4 is 4.74 Å². The maximum Gasteiger partial charge on any atom is 0.573 e. The molecule has 0 spiro atoms. The van der Waals surface area contributed by atoms with Crippen molar-refractivity contribution in [2.45, 2.75) is 19.0 Å². The van der Waals surface area contributed by atoms with E-state index < -0.39 is 41.8 Å². The number of alkyl halides is 6. The first-order chi connectivity index (χ1) is 11.5. The number of aliphatic carboxylic acids is 1. The summed E-state index contributed by atoms with van der Waals surface area (Å²) in [6, 6.07) is 5.22. The molecule has 0 radical (unpaired) electrons. The molecule has 1 aromatic carbocycles. The summed E-state index contributed by atoms with van der Waals surface area (Å²) in [5, 5.41) is 8.75. The van der Waals surface area contributed by atoms with Crippen molar-refractivity contribution in [3.05, 3.63) is 47.7 Å². The minimum absolute atomic E-state index is 0.0113. The number of carboxylic acid groups (broad SMARTS) is 1. The Bertz CT molecular complexity index is 768. The second kappa shape index (κ2) is 6.61. The maximum absolute atomic E-state index is 12.9. The number of hydrogen-bond donors (Lipinski definition) is 1. The van der Waals surface area contributed by atoms with Crippen LogP contribution in [0.4, 0.5) is 26.3 Å². The molecule has 0 fully saturated rings. The van der Waals surface area contributed by atoms with Gasteiger partial charge < -0.3 is 9.84 Å². The summed E-state index contributed by atoms with van der Waals surface area (Å²) >= 11 is 0. The first-order valence-electron chi connectivity index (χ1n) is 6.60. The third kappa shape index (κ3) is 5.10. The van der Waals surface area contributed by atoms with Crippen LogP contribution >= 0.6 is 0 Å².